The molecule has 0 spiro atoms. The van der Waals surface area contributed by atoms with E-state index in [1.807, 2.05) is 48.5 Å². The Morgan fingerprint density at radius 2 is 1.51 bits per heavy atom. The second-order valence-electron chi connectivity index (χ2n) is 10.8. The van der Waals surface area contributed by atoms with Gasteiger partial charge in [0.2, 0.25) is 12.5 Å². The average Bonchev–Trinajstić information content (AvgIpc) is 3.67. The van der Waals surface area contributed by atoms with Gasteiger partial charge >= 0.3 is 5.97 Å². The number of carbonyl (C=O) groups is 2. The number of ketones is 1. The zero-order valence-corrected chi connectivity index (χ0v) is 23.5. The van der Waals surface area contributed by atoms with E-state index in [4.69, 9.17) is 23.7 Å². The molecular formula is C34H29NO8. The van der Waals surface area contributed by atoms with Gasteiger partial charge in [-0.25, -0.2) is 0 Å². The molecule has 0 saturated carbocycles. The zero-order valence-electron chi connectivity index (χ0n) is 23.5. The van der Waals surface area contributed by atoms with Crippen LogP contribution in [0.3, 0.4) is 0 Å². The number of para-hydroxylation sites is 1. The van der Waals surface area contributed by atoms with Gasteiger partial charge in [0, 0.05) is 28.7 Å². The van der Waals surface area contributed by atoms with Crippen LogP contribution in [0.2, 0.25) is 0 Å². The van der Waals surface area contributed by atoms with Crippen LogP contribution in [0.25, 0.3) is 0 Å². The largest absolute Gasteiger partial charge is 0.502 e. The van der Waals surface area contributed by atoms with Crippen LogP contribution in [0.4, 0.5) is 5.69 Å². The first-order valence-corrected chi connectivity index (χ1v) is 14.0. The summed E-state index contributed by atoms with van der Waals surface area (Å²) in [6.07, 6.45) is 0. The summed E-state index contributed by atoms with van der Waals surface area (Å²) < 4.78 is 28.2. The van der Waals surface area contributed by atoms with Crippen molar-refractivity contribution < 1.29 is 38.4 Å². The molecule has 2 heterocycles. The maximum atomic E-state index is 13.6. The molecule has 1 aliphatic carbocycles. The van der Waals surface area contributed by atoms with E-state index in [1.54, 1.807) is 30.3 Å². The summed E-state index contributed by atoms with van der Waals surface area (Å²) in [5.74, 6) is -0.273. The molecule has 9 nitrogen and oxygen atoms in total. The first-order valence-electron chi connectivity index (χ1n) is 14.0. The quantitative estimate of drug-likeness (QED) is 0.218. The van der Waals surface area contributed by atoms with E-state index in [1.165, 1.54) is 14.2 Å². The molecule has 0 radical (unpaired) electrons. The summed E-state index contributed by atoms with van der Waals surface area (Å²) in [4.78, 5) is 27.1. The molecule has 1 saturated heterocycles. The van der Waals surface area contributed by atoms with Crippen LogP contribution < -0.4 is 24.3 Å². The van der Waals surface area contributed by atoms with E-state index in [0.717, 1.165) is 16.7 Å². The van der Waals surface area contributed by atoms with Crippen LogP contribution in [0, 0.1) is 11.8 Å². The summed E-state index contributed by atoms with van der Waals surface area (Å²) in [6, 6.07) is 23.4. The van der Waals surface area contributed by atoms with Crippen molar-refractivity contribution >= 4 is 17.4 Å². The van der Waals surface area contributed by atoms with Gasteiger partial charge < -0.3 is 34.1 Å². The second-order valence-corrected chi connectivity index (χ2v) is 10.8. The molecule has 0 aromatic heterocycles. The number of carbonyl (C=O) groups excluding carboxylic acids is 2. The van der Waals surface area contributed by atoms with Crippen molar-refractivity contribution in [1.82, 2.24) is 0 Å². The number of anilines is 1. The van der Waals surface area contributed by atoms with Crippen molar-refractivity contribution in [2.24, 2.45) is 11.8 Å². The summed E-state index contributed by atoms with van der Waals surface area (Å²) in [5.41, 5.74) is 4.20. The number of cyclic esters (lactones) is 1. The lowest BCUT2D eigenvalue weighted by Gasteiger charge is -2.40. The number of benzene rings is 4. The van der Waals surface area contributed by atoms with Crippen molar-refractivity contribution in [2.45, 2.75) is 12.0 Å². The number of nitrogens with one attached hydrogen (secondary N) is 1. The Bertz CT molecular complexity index is 1710. The first kappa shape index (κ1) is 26.7. The van der Waals surface area contributed by atoms with Crippen LogP contribution in [0.5, 0.6) is 28.7 Å². The number of ether oxygens (including phenoxy) is 5. The molecule has 43 heavy (non-hydrogen) atoms. The minimum Gasteiger partial charge on any atom is -0.502 e. The predicted molar refractivity (Wildman–Crippen MR) is 156 cm³/mol. The van der Waals surface area contributed by atoms with Crippen LogP contribution in [-0.2, 0) is 9.53 Å². The van der Waals surface area contributed by atoms with Gasteiger partial charge in [-0.1, -0.05) is 42.5 Å². The summed E-state index contributed by atoms with van der Waals surface area (Å²) in [7, 11) is 2.93. The number of hydrogen-bond donors (Lipinski definition) is 2. The molecule has 218 valence electrons. The van der Waals surface area contributed by atoms with Crippen molar-refractivity contribution in [2.75, 3.05) is 32.9 Å². The van der Waals surface area contributed by atoms with Gasteiger partial charge in [0.15, 0.2) is 28.8 Å². The fraction of sp³-hybridized carbons (Fsp3) is 0.235. The van der Waals surface area contributed by atoms with Crippen molar-refractivity contribution in [1.29, 1.82) is 0 Å². The fourth-order valence-corrected chi connectivity index (χ4v) is 6.56. The smallest absolute Gasteiger partial charge is 0.310 e. The lowest BCUT2D eigenvalue weighted by Crippen LogP contribution is -2.38. The molecule has 4 aromatic rings. The molecule has 4 aromatic carbocycles. The number of esters is 1. The minimum atomic E-state index is -0.582. The van der Waals surface area contributed by atoms with Gasteiger partial charge in [-0.3, -0.25) is 9.59 Å². The minimum absolute atomic E-state index is 0.0884. The number of rotatable bonds is 7. The van der Waals surface area contributed by atoms with Gasteiger partial charge in [-0.05, 0) is 53.1 Å². The van der Waals surface area contributed by atoms with E-state index in [2.05, 4.69) is 5.32 Å². The number of methoxy groups -OCH3 is 2. The molecule has 0 unspecified atom stereocenters. The Hall–Kier alpha value is -5.18. The number of aromatic hydroxyl groups is 1. The number of phenols is 1. The van der Waals surface area contributed by atoms with E-state index >= 15 is 0 Å². The lowest BCUT2D eigenvalue weighted by molar-refractivity contribution is -0.141. The Morgan fingerprint density at radius 3 is 2.21 bits per heavy atom. The van der Waals surface area contributed by atoms with Crippen molar-refractivity contribution in [3.63, 3.8) is 0 Å². The average molecular weight is 580 g/mol. The van der Waals surface area contributed by atoms with Gasteiger partial charge in [0.25, 0.3) is 0 Å². The number of fused-ring (bicyclic) bond motifs is 3. The first-order chi connectivity index (χ1) is 21.0. The van der Waals surface area contributed by atoms with E-state index in [0.29, 0.717) is 28.3 Å². The summed E-state index contributed by atoms with van der Waals surface area (Å²) in [6.45, 7) is 0.276. The molecule has 0 amide bonds. The highest BCUT2D eigenvalue weighted by Gasteiger charge is 2.53. The Labute approximate surface area is 247 Å². The van der Waals surface area contributed by atoms with Crippen molar-refractivity contribution in [3.8, 4) is 28.7 Å². The van der Waals surface area contributed by atoms with E-state index in [-0.39, 0.29) is 48.3 Å². The maximum absolute atomic E-state index is 13.6. The van der Waals surface area contributed by atoms with Gasteiger partial charge in [0.1, 0.15) is 0 Å². The zero-order chi connectivity index (χ0) is 29.7. The highest BCUT2D eigenvalue weighted by Crippen LogP contribution is 2.56. The summed E-state index contributed by atoms with van der Waals surface area (Å²) in [5, 5.41) is 14.2. The van der Waals surface area contributed by atoms with Crippen LogP contribution in [0.15, 0.2) is 78.9 Å². The van der Waals surface area contributed by atoms with E-state index in [9.17, 15) is 14.7 Å². The van der Waals surface area contributed by atoms with Gasteiger partial charge in [-0.15, -0.1) is 0 Å². The topological polar surface area (TPSA) is 113 Å². The highest BCUT2D eigenvalue weighted by atomic mass is 16.7. The third-order valence-corrected chi connectivity index (χ3v) is 8.57. The Morgan fingerprint density at radius 1 is 0.860 bits per heavy atom. The molecule has 2 N–H and O–H groups in total. The van der Waals surface area contributed by atoms with Crippen molar-refractivity contribution in [3.05, 3.63) is 107 Å². The molecule has 9 heteroatoms. The molecule has 4 atom stereocenters. The molecular weight excluding hydrogens is 550 g/mol. The highest BCUT2D eigenvalue weighted by molar-refractivity contribution is 6.12. The molecule has 1 fully saturated rings. The van der Waals surface area contributed by atoms with Crippen LogP contribution in [0.1, 0.15) is 44.6 Å². The maximum Gasteiger partial charge on any atom is 0.310 e. The van der Waals surface area contributed by atoms with E-state index < -0.39 is 17.9 Å². The summed E-state index contributed by atoms with van der Waals surface area (Å²) >= 11 is 0. The van der Waals surface area contributed by atoms with Crippen LogP contribution >= 0.6 is 0 Å². The third-order valence-electron chi connectivity index (χ3n) is 8.57. The SMILES string of the molecule is COc1cc([C@@H]2c3cc4c(cc3[C@@H](Nc3ccccc3C(=O)c3ccccc3)[C@H]3COC(=O)[C@H]23)OCO4)cc(OC)c1O. The number of phenolic OH excluding ortho intramolecular Hbond substituents is 1. The van der Waals surface area contributed by atoms with Crippen LogP contribution in [-0.4, -0.2) is 44.5 Å². The molecule has 7 rings (SSSR count). The van der Waals surface area contributed by atoms with Gasteiger partial charge in [0.05, 0.1) is 32.8 Å². The Kier molecular flexibility index (Phi) is 6.57. The fourth-order valence-electron chi connectivity index (χ4n) is 6.56. The standard InChI is InChI=1S/C34H29NO8/c1-39-27-12-19(13-28(40-2)33(27)37)29-21-14-25-26(43-17-42-25)15-22(21)31(23-16-41-34(38)30(23)29)35-24-11-7-6-10-20(24)32(36)18-8-4-3-5-9-18/h3-15,23,29-31,35,37H,16-17H2,1-2H3/t23-,29+,30-,31+/m0/s1. The lowest BCUT2D eigenvalue weighted by atomic mass is 9.65. The Balaban J connectivity index is 1.38. The normalized spacial score (nSPS) is 21.4. The predicted octanol–water partition coefficient (Wildman–Crippen LogP) is 5.46. The third kappa shape index (κ3) is 4.39. The second kappa shape index (κ2) is 10.6. The molecule has 2 aliphatic heterocycles. The molecule has 3 aliphatic rings. The monoisotopic (exact) mass is 579 g/mol. The number of hydrogen-bond acceptors (Lipinski definition) is 9. The van der Waals surface area contributed by atoms with Gasteiger partial charge in [-0.2, -0.15) is 0 Å². The molecule has 0 bridgehead atoms.